The summed E-state index contributed by atoms with van der Waals surface area (Å²) in [5, 5.41) is 0. The molecule has 0 heterocycles. The maximum absolute atomic E-state index is 12.1. The van der Waals surface area contributed by atoms with E-state index in [1.165, 1.54) is 12.0 Å². The van der Waals surface area contributed by atoms with E-state index in [2.05, 4.69) is 43.3 Å². The van der Waals surface area contributed by atoms with Crippen molar-refractivity contribution in [1.82, 2.24) is 0 Å². The summed E-state index contributed by atoms with van der Waals surface area (Å²) in [5.74, 6) is 1.22. The topological polar surface area (TPSA) is 43.1 Å². The van der Waals surface area contributed by atoms with Gasteiger partial charge in [0, 0.05) is 10.8 Å². The first kappa shape index (κ1) is 11.1. The molecule has 4 saturated carbocycles. The van der Waals surface area contributed by atoms with Crippen LogP contribution in [0.25, 0.3) is 0 Å². The van der Waals surface area contributed by atoms with Crippen LogP contribution in [0.2, 0.25) is 0 Å². The molecule has 1 spiro atoms. The zero-order chi connectivity index (χ0) is 13.8. The zero-order valence-electron chi connectivity index (χ0n) is 11.7. The van der Waals surface area contributed by atoms with E-state index >= 15 is 0 Å². The minimum absolute atomic E-state index is 0.0415. The predicted molar refractivity (Wildman–Crippen MR) is 76.8 cm³/mol. The Kier molecular flexibility index (Phi) is 1.60. The highest BCUT2D eigenvalue weighted by Gasteiger charge is 2.96. The Morgan fingerprint density at radius 1 is 1.25 bits per heavy atom. The summed E-state index contributed by atoms with van der Waals surface area (Å²) in [7, 11) is 0. The summed E-state index contributed by atoms with van der Waals surface area (Å²) in [4.78, 5) is 12.1. The van der Waals surface area contributed by atoms with Crippen molar-refractivity contribution in [2.45, 2.75) is 31.6 Å². The molecule has 4 fully saturated rings. The van der Waals surface area contributed by atoms with Crippen LogP contribution in [0.1, 0.15) is 31.7 Å². The van der Waals surface area contributed by atoms with Gasteiger partial charge in [0.1, 0.15) is 0 Å². The van der Waals surface area contributed by atoms with Crippen LogP contribution in [0.15, 0.2) is 42.0 Å². The molecule has 0 bridgehead atoms. The summed E-state index contributed by atoms with van der Waals surface area (Å²) >= 11 is 0. The molecule has 1 amide bonds. The molecule has 5 atom stereocenters. The highest BCUT2D eigenvalue weighted by atomic mass is 16.1. The van der Waals surface area contributed by atoms with E-state index in [0.29, 0.717) is 11.8 Å². The molecule has 1 aromatic rings. The summed E-state index contributed by atoms with van der Waals surface area (Å²) in [5.41, 5.74) is 9.13. The van der Waals surface area contributed by atoms with E-state index in [9.17, 15) is 4.79 Å². The van der Waals surface area contributed by atoms with Crippen LogP contribution < -0.4 is 5.73 Å². The van der Waals surface area contributed by atoms with E-state index in [-0.39, 0.29) is 22.2 Å². The van der Waals surface area contributed by atoms with Crippen LogP contribution in [0, 0.1) is 22.7 Å². The van der Waals surface area contributed by atoms with Crippen molar-refractivity contribution < 1.29 is 4.79 Å². The number of nitrogens with two attached hydrogens (primary N) is 1. The van der Waals surface area contributed by atoms with Gasteiger partial charge in [-0.05, 0) is 43.6 Å². The molecule has 0 radical (unpaired) electrons. The fraction of sp³-hybridized carbons (Fsp3) is 0.500. The highest BCUT2D eigenvalue weighted by Crippen LogP contribution is 2.98. The molecular weight excluding hydrogens is 246 g/mol. The quantitative estimate of drug-likeness (QED) is 0.821. The van der Waals surface area contributed by atoms with Crippen LogP contribution in [0.4, 0.5) is 0 Å². The first-order valence-electron chi connectivity index (χ1n) is 7.65. The van der Waals surface area contributed by atoms with Gasteiger partial charge >= 0.3 is 0 Å². The van der Waals surface area contributed by atoms with E-state index in [1.54, 1.807) is 5.57 Å². The maximum atomic E-state index is 12.1. The standard InChI is InChI=1S/C18H19NO/c1-2-12-13-8-16(11-6-4-3-5-7-11)10-17(15(19)20)9-14(12)18(13,16)17/h2-7,13-14H,8-10H2,1H3,(H2,19,20)/b12-2+. The second-order valence-corrected chi connectivity index (χ2v) is 7.24. The fourth-order valence-electron chi connectivity index (χ4n) is 6.89. The molecule has 1 aromatic carbocycles. The number of rotatable bonds is 2. The average molecular weight is 265 g/mol. The Balaban J connectivity index is 1.66. The third-order valence-corrected chi connectivity index (χ3v) is 7.33. The Bertz CT molecular complexity index is 668. The minimum Gasteiger partial charge on any atom is -0.369 e. The molecule has 2 nitrogen and oxygen atoms in total. The van der Waals surface area contributed by atoms with E-state index in [4.69, 9.17) is 5.73 Å². The lowest BCUT2D eigenvalue weighted by Gasteiger charge is -2.95. The van der Waals surface area contributed by atoms with Gasteiger partial charge in [-0.3, -0.25) is 4.79 Å². The number of allylic oxidation sites excluding steroid dienone is 2. The van der Waals surface area contributed by atoms with Gasteiger partial charge in [-0.15, -0.1) is 0 Å². The van der Waals surface area contributed by atoms with Crippen LogP contribution in [0.3, 0.4) is 0 Å². The lowest BCUT2D eigenvalue weighted by atomic mass is 9.07. The molecule has 2 N–H and O–H groups in total. The Morgan fingerprint density at radius 3 is 2.55 bits per heavy atom. The van der Waals surface area contributed by atoms with Crippen molar-refractivity contribution >= 4 is 5.91 Å². The third kappa shape index (κ3) is 0.706. The van der Waals surface area contributed by atoms with Crippen molar-refractivity contribution in [1.29, 1.82) is 0 Å². The molecule has 4 aliphatic rings. The minimum atomic E-state index is -0.178. The average Bonchev–Trinajstić information content (AvgIpc) is 2.37. The first-order chi connectivity index (χ1) is 9.64. The van der Waals surface area contributed by atoms with Gasteiger partial charge in [-0.25, -0.2) is 0 Å². The first-order valence-corrected chi connectivity index (χ1v) is 7.65. The lowest BCUT2D eigenvalue weighted by Crippen LogP contribution is -2.94. The Hall–Kier alpha value is -1.57. The Morgan fingerprint density at radius 2 is 1.95 bits per heavy atom. The molecule has 20 heavy (non-hydrogen) atoms. The van der Waals surface area contributed by atoms with Crippen LogP contribution in [-0.2, 0) is 10.2 Å². The normalized spacial score (nSPS) is 51.8. The van der Waals surface area contributed by atoms with Crippen molar-refractivity contribution in [2.24, 2.45) is 28.4 Å². The van der Waals surface area contributed by atoms with Gasteiger partial charge < -0.3 is 5.73 Å². The van der Waals surface area contributed by atoms with Gasteiger partial charge in [-0.1, -0.05) is 42.0 Å². The van der Waals surface area contributed by atoms with Crippen LogP contribution in [-0.4, -0.2) is 5.91 Å². The summed E-state index contributed by atoms with van der Waals surface area (Å²) < 4.78 is 0. The van der Waals surface area contributed by atoms with Gasteiger partial charge in [0.05, 0.1) is 5.41 Å². The summed E-state index contributed by atoms with van der Waals surface area (Å²) in [6.45, 7) is 2.15. The van der Waals surface area contributed by atoms with E-state index in [1.807, 2.05) is 0 Å². The number of hydrogen-bond acceptors (Lipinski definition) is 1. The van der Waals surface area contributed by atoms with Crippen molar-refractivity contribution in [3.8, 4) is 0 Å². The van der Waals surface area contributed by atoms with Gasteiger partial charge in [0.25, 0.3) is 0 Å². The molecule has 0 saturated heterocycles. The van der Waals surface area contributed by atoms with E-state index in [0.717, 1.165) is 12.8 Å². The number of benzene rings is 1. The number of hydrogen-bond donors (Lipinski definition) is 1. The van der Waals surface area contributed by atoms with Crippen LogP contribution >= 0.6 is 0 Å². The van der Waals surface area contributed by atoms with Crippen molar-refractivity contribution in [2.75, 3.05) is 0 Å². The molecule has 5 rings (SSSR count). The zero-order valence-corrected chi connectivity index (χ0v) is 11.7. The number of carbonyl (C=O) groups is 1. The SMILES string of the molecule is C/C=C1/C2CC3(C(N)=O)CC4(c5ccccc5)CC1C234. The van der Waals surface area contributed by atoms with Gasteiger partial charge in [-0.2, -0.15) is 0 Å². The maximum Gasteiger partial charge on any atom is 0.224 e. The van der Waals surface area contributed by atoms with Crippen LogP contribution in [0.5, 0.6) is 0 Å². The third-order valence-electron chi connectivity index (χ3n) is 7.33. The molecule has 5 unspecified atom stereocenters. The number of amides is 1. The molecule has 2 heteroatoms. The molecule has 0 aromatic heterocycles. The second kappa shape index (κ2) is 2.88. The molecule has 4 aliphatic carbocycles. The smallest absolute Gasteiger partial charge is 0.224 e. The van der Waals surface area contributed by atoms with E-state index < -0.39 is 0 Å². The fourth-order valence-corrected chi connectivity index (χ4v) is 6.89. The Labute approximate surface area is 119 Å². The lowest BCUT2D eigenvalue weighted by molar-refractivity contribution is -0.396. The predicted octanol–water partition coefficient (Wildman–Crippen LogP) is 2.79. The number of carbonyl (C=O) groups excluding carboxylic acids is 1. The monoisotopic (exact) mass is 265 g/mol. The van der Waals surface area contributed by atoms with Gasteiger partial charge in [0.2, 0.25) is 5.91 Å². The molecule has 0 aliphatic heterocycles. The van der Waals surface area contributed by atoms with Crippen molar-refractivity contribution in [3.05, 3.63) is 47.5 Å². The highest BCUT2D eigenvalue weighted by molar-refractivity contribution is 5.89. The van der Waals surface area contributed by atoms with Crippen molar-refractivity contribution in [3.63, 3.8) is 0 Å². The molecule has 102 valence electrons. The second-order valence-electron chi connectivity index (χ2n) is 7.24. The number of primary amides is 1. The molecular formula is C18H19NO. The summed E-state index contributed by atoms with van der Waals surface area (Å²) in [6, 6.07) is 10.8. The summed E-state index contributed by atoms with van der Waals surface area (Å²) in [6.07, 6.45) is 5.51. The largest absolute Gasteiger partial charge is 0.369 e. The van der Waals surface area contributed by atoms with Gasteiger partial charge in [0.15, 0.2) is 0 Å².